The van der Waals surface area contributed by atoms with Crippen molar-refractivity contribution < 1.29 is 29.3 Å². The fourth-order valence-electron chi connectivity index (χ4n) is 6.29. The summed E-state index contributed by atoms with van der Waals surface area (Å²) < 4.78 is 10.5. The van der Waals surface area contributed by atoms with Gasteiger partial charge in [0, 0.05) is 12.8 Å². The Bertz CT molecular complexity index is 1050. The molecule has 322 valence electrons. The molecule has 2 N–H and O–H groups in total. The number of unbranched alkanes of at least 4 members (excludes halogenated alkanes) is 17. The standard InChI is InChI=1S/C50H86O6/c1-4-6-7-8-9-10-11-12-13-19-22-25-28-31-34-37-40-47(52)42-43-49(53)55-45-48(44-51)56-50(54)41-38-35-32-29-26-23-20-17-15-14-16-18-21-24-27-30-33-36-39-46(3)5-2/h6-7,9-10,12-13,22,25,31,34,37,40,46-48,51-52H,4-5,8,11,14-21,23-24,26-30,32-33,35-36,38-39,41-45H2,1-3H3/b7-6-,10-9-,13-12-,25-22-,34-31-,40-37-/t46?,47?,48-/m0/s1. The average Bonchev–Trinajstić information content (AvgIpc) is 3.20. The van der Waals surface area contributed by atoms with Gasteiger partial charge in [-0.2, -0.15) is 0 Å². The minimum absolute atomic E-state index is 0.0301. The normalized spacial score (nSPS) is 14.0. The Morgan fingerprint density at radius 3 is 1.45 bits per heavy atom. The summed E-state index contributed by atoms with van der Waals surface area (Å²) in [6.07, 6.45) is 54.4. The summed E-state index contributed by atoms with van der Waals surface area (Å²) in [4.78, 5) is 24.4. The predicted octanol–water partition coefficient (Wildman–Crippen LogP) is 13.7. The number of hydrogen-bond acceptors (Lipinski definition) is 6. The van der Waals surface area contributed by atoms with E-state index >= 15 is 0 Å². The third-order valence-electron chi connectivity index (χ3n) is 10.2. The highest BCUT2D eigenvalue weighted by Crippen LogP contribution is 2.17. The summed E-state index contributed by atoms with van der Waals surface area (Å²) in [5.41, 5.74) is 0. The Balaban J connectivity index is 3.71. The van der Waals surface area contributed by atoms with Gasteiger partial charge in [0.15, 0.2) is 6.10 Å². The molecule has 0 aliphatic rings. The van der Waals surface area contributed by atoms with Crippen LogP contribution in [-0.4, -0.2) is 47.6 Å². The second-order valence-electron chi connectivity index (χ2n) is 15.5. The molecule has 0 heterocycles. The van der Waals surface area contributed by atoms with Crippen molar-refractivity contribution in [2.45, 2.75) is 213 Å². The molecule has 0 amide bonds. The van der Waals surface area contributed by atoms with E-state index in [1.54, 1.807) is 12.2 Å². The number of aliphatic hydroxyl groups is 2. The van der Waals surface area contributed by atoms with Crippen LogP contribution in [0, 0.1) is 5.92 Å². The number of rotatable bonds is 40. The molecule has 0 aromatic heterocycles. The highest BCUT2D eigenvalue weighted by atomic mass is 16.6. The lowest BCUT2D eigenvalue weighted by atomic mass is 9.99. The Morgan fingerprint density at radius 2 is 0.982 bits per heavy atom. The van der Waals surface area contributed by atoms with Crippen molar-refractivity contribution >= 4 is 11.9 Å². The minimum atomic E-state index is -0.870. The summed E-state index contributed by atoms with van der Waals surface area (Å²) >= 11 is 0. The number of ether oxygens (including phenoxy) is 2. The van der Waals surface area contributed by atoms with Gasteiger partial charge in [0.1, 0.15) is 6.61 Å². The van der Waals surface area contributed by atoms with Crippen LogP contribution in [-0.2, 0) is 19.1 Å². The SMILES string of the molecule is CC/C=C\C/C=C\C/C=C\C/C=C\C/C=C\C=C/C(O)CCC(=O)OC[C@H](CO)OC(=O)CCCCCCCCCCCCCCCCCCCCC(C)CC. The largest absolute Gasteiger partial charge is 0.462 e. The van der Waals surface area contributed by atoms with Gasteiger partial charge in [-0.1, -0.05) is 216 Å². The van der Waals surface area contributed by atoms with Crippen molar-refractivity contribution in [1.82, 2.24) is 0 Å². The molecule has 3 atom stereocenters. The summed E-state index contributed by atoms with van der Waals surface area (Å²) in [5, 5.41) is 19.7. The molecule has 2 unspecified atom stereocenters. The van der Waals surface area contributed by atoms with Gasteiger partial charge in [0.05, 0.1) is 12.7 Å². The number of carbonyl (C=O) groups is 2. The van der Waals surface area contributed by atoms with E-state index in [1.807, 2.05) is 12.2 Å². The molecule has 6 nitrogen and oxygen atoms in total. The van der Waals surface area contributed by atoms with Crippen LogP contribution in [0.2, 0.25) is 0 Å². The van der Waals surface area contributed by atoms with Crippen molar-refractivity contribution in [1.29, 1.82) is 0 Å². The van der Waals surface area contributed by atoms with Crippen LogP contribution >= 0.6 is 0 Å². The van der Waals surface area contributed by atoms with E-state index in [2.05, 4.69) is 69.4 Å². The summed E-state index contributed by atoms with van der Waals surface area (Å²) in [5.74, 6) is 0.0344. The molecule has 0 aliphatic carbocycles. The lowest BCUT2D eigenvalue weighted by molar-refractivity contribution is -0.161. The number of hydrogen-bond donors (Lipinski definition) is 2. The molecule has 0 fully saturated rings. The summed E-state index contributed by atoms with van der Waals surface area (Å²) in [6, 6.07) is 0. The number of esters is 2. The van der Waals surface area contributed by atoms with Crippen molar-refractivity contribution in [3.63, 3.8) is 0 Å². The minimum Gasteiger partial charge on any atom is -0.462 e. The third kappa shape index (κ3) is 40.9. The fourth-order valence-corrected chi connectivity index (χ4v) is 6.29. The molecule has 56 heavy (non-hydrogen) atoms. The fraction of sp³-hybridized carbons (Fsp3) is 0.720. The molecule has 0 radical (unpaired) electrons. The van der Waals surface area contributed by atoms with Gasteiger partial charge in [-0.3, -0.25) is 9.59 Å². The van der Waals surface area contributed by atoms with Gasteiger partial charge in [-0.25, -0.2) is 0 Å². The van der Waals surface area contributed by atoms with Crippen LogP contribution in [0.1, 0.15) is 201 Å². The van der Waals surface area contributed by atoms with Crippen LogP contribution in [0.25, 0.3) is 0 Å². The zero-order chi connectivity index (χ0) is 41.0. The Morgan fingerprint density at radius 1 is 0.536 bits per heavy atom. The van der Waals surface area contributed by atoms with Crippen LogP contribution in [0.4, 0.5) is 0 Å². The maximum Gasteiger partial charge on any atom is 0.306 e. The lowest BCUT2D eigenvalue weighted by Crippen LogP contribution is -2.28. The van der Waals surface area contributed by atoms with Gasteiger partial charge < -0.3 is 19.7 Å². The highest BCUT2D eigenvalue weighted by Gasteiger charge is 2.16. The lowest BCUT2D eigenvalue weighted by Gasteiger charge is -2.16. The maximum atomic E-state index is 12.2. The molecule has 6 heteroatoms. The summed E-state index contributed by atoms with van der Waals surface area (Å²) in [7, 11) is 0. The van der Waals surface area contributed by atoms with Crippen LogP contribution < -0.4 is 0 Å². The van der Waals surface area contributed by atoms with E-state index in [-0.39, 0.29) is 25.4 Å². The Hall–Kier alpha value is -2.70. The first-order valence-corrected chi connectivity index (χ1v) is 23.0. The number of allylic oxidation sites excluding steroid dienone is 11. The molecule has 0 saturated carbocycles. The highest BCUT2D eigenvalue weighted by molar-refractivity contribution is 5.70. The van der Waals surface area contributed by atoms with Crippen LogP contribution in [0.5, 0.6) is 0 Å². The number of aliphatic hydroxyl groups excluding tert-OH is 2. The molecule has 0 saturated heterocycles. The maximum absolute atomic E-state index is 12.2. The molecule has 0 spiro atoms. The molecule has 0 aromatic carbocycles. The van der Waals surface area contributed by atoms with Gasteiger partial charge in [-0.05, 0) is 50.9 Å². The zero-order valence-corrected chi connectivity index (χ0v) is 36.4. The molecular weight excluding hydrogens is 697 g/mol. The van der Waals surface area contributed by atoms with Gasteiger partial charge in [-0.15, -0.1) is 0 Å². The van der Waals surface area contributed by atoms with E-state index in [1.165, 1.54) is 109 Å². The van der Waals surface area contributed by atoms with Crippen molar-refractivity contribution in [2.75, 3.05) is 13.2 Å². The molecule has 0 aromatic rings. The van der Waals surface area contributed by atoms with E-state index in [9.17, 15) is 19.8 Å². The molecular formula is C50H86O6. The molecule has 0 aliphatic heterocycles. The Labute approximate surface area is 345 Å². The topological polar surface area (TPSA) is 93.1 Å². The summed E-state index contributed by atoms with van der Waals surface area (Å²) in [6.45, 7) is 6.22. The monoisotopic (exact) mass is 783 g/mol. The Kier molecular flexibility index (Phi) is 41.3. The van der Waals surface area contributed by atoms with Crippen LogP contribution in [0.15, 0.2) is 72.9 Å². The number of carbonyl (C=O) groups excluding carboxylic acids is 2. The first-order valence-electron chi connectivity index (χ1n) is 23.0. The van der Waals surface area contributed by atoms with E-state index in [4.69, 9.17) is 9.47 Å². The molecule has 0 rings (SSSR count). The van der Waals surface area contributed by atoms with Gasteiger partial charge in [0.25, 0.3) is 0 Å². The van der Waals surface area contributed by atoms with E-state index < -0.39 is 24.8 Å². The van der Waals surface area contributed by atoms with E-state index in [0.717, 1.165) is 57.3 Å². The van der Waals surface area contributed by atoms with Crippen molar-refractivity contribution in [2.24, 2.45) is 5.92 Å². The second kappa shape index (κ2) is 43.4. The van der Waals surface area contributed by atoms with Crippen molar-refractivity contribution in [3.8, 4) is 0 Å². The second-order valence-corrected chi connectivity index (χ2v) is 15.5. The van der Waals surface area contributed by atoms with E-state index in [0.29, 0.717) is 6.42 Å². The van der Waals surface area contributed by atoms with Crippen molar-refractivity contribution in [3.05, 3.63) is 72.9 Å². The average molecular weight is 783 g/mol. The smallest absolute Gasteiger partial charge is 0.306 e. The predicted molar refractivity (Wildman–Crippen MR) is 239 cm³/mol. The van der Waals surface area contributed by atoms with Gasteiger partial charge >= 0.3 is 11.9 Å². The molecule has 0 bridgehead atoms. The third-order valence-corrected chi connectivity index (χ3v) is 10.2. The quantitative estimate of drug-likeness (QED) is 0.0278. The zero-order valence-electron chi connectivity index (χ0n) is 36.4. The van der Waals surface area contributed by atoms with Gasteiger partial charge in [0.2, 0.25) is 0 Å². The first kappa shape index (κ1) is 53.3. The first-order chi connectivity index (χ1) is 27.4. The van der Waals surface area contributed by atoms with Crippen LogP contribution in [0.3, 0.4) is 0 Å².